The zero-order valence-electron chi connectivity index (χ0n) is 12.4. The van der Waals surface area contributed by atoms with Crippen molar-refractivity contribution in [1.29, 1.82) is 0 Å². The fourth-order valence-corrected chi connectivity index (χ4v) is 2.28. The molecule has 0 aliphatic carbocycles. The Balaban J connectivity index is 1.61. The smallest absolute Gasteiger partial charge is 0.416 e. The summed E-state index contributed by atoms with van der Waals surface area (Å²) in [4.78, 5) is 14.9. The van der Waals surface area contributed by atoms with Crippen LogP contribution in [0.3, 0.4) is 0 Å². The SMILES string of the molecule is O=C(Nc1cccc2[nH]ccc12)OCc1ccc(C(F)(F)F)cc1. The van der Waals surface area contributed by atoms with Crippen molar-refractivity contribution in [3.8, 4) is 0 Å². The first-order chi connectivity index (χ1) is 11.4. The number of carbonyl (C=O) groups is 1. The zero-order chi connectivity index (χ0) is 17.2. The second-order valence-corrected chi connectivity index (χ2v) is 5.14. The van der Waals surface area contributed by atoms with Crippen molar-refractivity contribution in [3.05, 3.63) is 65.9 Å². The molecule has 0 aliphatic rings. The van der Waals surface area contributed by atoms with E-state index in [1.165, 1.54) is 12.1 Å². The molecule has 2 N–H and O–H groups in total. The maximum absolute atomic E-state index is 12.5. The average Bonchev–Trinajstić information content (AvgIpc) is 3.02. The number of aromatic amines is 1. The van der Waals surface area contributed by atoms with Gasteiger partial charge in [-0.25, -0.2) is 4.79 Å². The van der Waals surface area contributed by atoms with Crippen LogP contribution in [-0.2, 0) is 17.5 Å². The molecule has 7 heteroatoms. The van der Waals surface area contributed by atoms with Crippen molar-refractivity contribution in [1.82, 2.24) is 4.98 Å². The van der Waals surface area contributed by atoms with E-state index in [0.717, 1.165) is 23.0 Å². The van der Waals surface area contributed by atoms with Gasteiger partial charge in [0.25, 0.3) is 0 Å². The van der Waals surface area contributed by atoms with Gasteiger partial charge in [0.1, 0.15) is 6.61 Å². The molecule has 3 rings (SSSR count). The van der Waals surface area contributed by atoms with Crippen LogP contribution in [0, 0.1) is 0 Å². The van der Waals surface area contributed by atoms with Crippen LogP contribution >= 0.6 is 0 Å². The highest BCUT2D eigenvalue weighted by Gasteiger charge is 2.29. The number of fused-ring (bicyclic) bond motifs is 1. The van der Waals surface area contributed by atoms with Gasteiger partial charge < -0.3 is 9.72 Å². The molecule has 1 aromatic heterocycles. The molecular weight excluding hydrogens is 321 g/mol. The Hall–Kier alpha value is -2.96. The summed E-state index contributed by atoms with van der Waals surface area (Å²) in [6, 6.07) is 11.7. The normalized spacial score (nSPS) is 11.5. The molecule has 1 heterocycles. The molecular formula is C17H13F3N2O2. The number of aromatic nitrogens is 1. The van der Waals surface area contributed by atoms with Gasteiger partial charge in [0.2, 0.25) is 0 Å². The molecule has 2 aromatic carbocycles. The van der Waals surface area contributed by atoms with Gasteiger partial charge in [0.15, 0.2) is 0 Å². The van der Waals surface area contributed by atoms with Crippen LogP contribution in [0.15, 0.2) is 54.7 Å². The van der Waals surface area contributed by atoms with E-state index >= 15 is 0 Å². The Morgan fingerprint density at radius 1 is 1.08 bits per heavy atom. The van der Waals surface area contributed by atoms with E-state index < -0.39 is 17.8 Å². The molecule has 0 atom stereocenters. The number of amides is 1. The van der Waals surface area contributed by atoms with Crippen molar-refractivity contribution in [2.45, 2.75) is 12.8 Å². The lowest BCUT2D eigenvalue weighted by Gasteiger charge is -2.09. The van der Waals surface area contributed by atoms with Crippen molar-refractivity contribution < 1.29 is 22.7 Å². The molecule has 0 unspecified atom stereocenters. The largest absolute Gasteiger partial charge is 0.444 e. The van der Waals surface area contributed by atoms with Gasteiger partial charge in [-0.3, -0.25) is 5.32 Å². The standard InChI is InChI=1S/C17H13F3N2O2/c18-17(19,20)12-6-4-11(5-7-12)10-24-16(23)22-15-3-1-2-14-13(15)8-9-21-14/h1-9,21H,10H2,(H,22,23). The number of hydrogen-bond donors (Lipinski definition) is 2. The van der Waals surface area contributed by atoms with E-state index in [1.54, 1.807) is 18.3 Å². The number of halogens is 3. The van der Waals surface area contributed by atoms with Crippen molar-refractivity contribution >= 4 is 22.7 Å². The topological polar surface area (TPSA) is 54.1 Å². The number of benzene rings is 2. The van der Waals surface area contributed by atoms with Crippen LogP contribution in [0.1, 0.15) is 11.1 Å². The van der Waals surface area contributed by atoms with Gasteiger partial charge in [-0.2, -0.15) is 13.2 Å². The Morgan fingerprint density at radius 2 is 1.83 bits per heavy atom. The molecule has 1 amide bonds. The maximum atomic E-state index is 12.5. The summed E-state index contributed by atoms with van der Waals surface area (Å²) < 4.78 is 42.5. The van der Waals surface area contributed by atoms with Crippen LogP contribution < -0.4 is 5.32 Å². The van der Waals surface area contributed by atoms with Gasteiger partial charge in [-0.05, 0) is 35.9 Å². The Morgan fingerprint density at radius 3 is 2.54 bits per heavy atom. The summed E-state index contributed by atoms with van der Waals surface area (Å²) in [6.07, 6.45) is -3.31. The van der Waals surface area contributed by atoms with Crippen LogP contribution in [-0.4, -0.2) is 11.1 Å². The third-order valence-electron chi connectivity index (χ3n) is 3.48. The highest BCUT2D eigenvalue weighted by atomic mass is 19.4. The first-order valence-corrected chi connectivity index (χ1v) is 7.09. The summed E-state index contributed by atoms with van der Waals surface area (Å²) in [5.41, 5.74) is 1.19. The van der Waals surface area contributed by atoms with Gasteiger partial charge >= 0.3 is 12.3 Å². The molecule has 0 radical (unpaired) electrons. The minimum Gasteiger partial charge on any atom is -0.444 e. The molecule has 4 nitrogen and oxygen atoms in total. The Bertz CT molecular complexity index is 854. The van der Waals surface area contributed by atoms with Gasteiger partial charge in [-0.15, -0.1) is 0 Å². The van der Waals surface area contributed by atoms with E-state index in [9.17, 15) is 18.0 Å². The van der Waals surface area contributed by atoms with Crippen LogP contribution in [0.4, 0.5) is 23.7 Å². The fourth-order valence-electron chi connectivity index (χ4n) is 2.28. The Labute approximate surface area is 135 Å². The fraction of sp³-hybridized carbons (Fsp3) is 0.118. The number of alkyl halides is 3. The second kappa shape index (κ2) is 6.27. The van der Waals surface area contributed by atoms with E-state index in [2.05, 4.69) is 10.3 Å². The lowest BCUT2D eigenvalue weighted by molar-refractivity contribution is -0.137. The Kier molecular flexibility index (Phi) is 4.16. The number of anilines is 1. The van der Waals surface area contributed by atoms with E-state index in [-0.39, 0.29) is 6.61 Å². The lowest BCUT2D eigenvalue weighted by atomic mass is 10.1. The number of carbonyl (C=O) groups excluding carboxylic acids is 1. The average molecular weight is 334 g/mol. The van der Waals surface area contributed by atoms with Crippen molar-refractivity contribution in [2.24, 2.45) is 0 Å². The molecule has 0 bridgehead atoms. The van der Waals surface area contributed by atoms with E-state index in [4.69, 9.17) is 4.74 Å². The second-order valence-electron chi connectivity index (χ2n) is 5.14. The first-order valence-electron chi connectivity index (χ1n) is 7.09. The zero-order valence-corrected chi connectivity index (χ0v) is 12.4. The van der Waals surface area contributed by atoms with Crippen molar-refractivity contribution in [2.75, 3.05) is 5.32 Å². The van der Waals surface area contributed by atoms with Crippen LogP contribution in [0.25, 0.3) is 10.9 Å². The molecule has 0 saturated carbocycles. The number of nitrogens with one attached hydrogen (secondary N) is 2. The minimum atomic E-state index is -4.38. The van der Waals surface area contributed by atoms with Gasteiger partial charge in [0.05, 0.1) is 11.3 Å². The molecule has 0 fully saturated rings. The van der Waals surface area contributed by atoms with Gasteiger partial charge in [0, 0.05) is 17.1 Å². The molecule has 0 aliphatic heterocycles. The number of H-pyrrole nitrogens is 1. The predicted molar refractivity (Wildman–Crippen MR) is 83.6 cm³/mol. The van der Waals surface area contributed by atoms with E-state index in [0.29, 0.717) is 11.3 Å². The number of ether oxygens (including phenoxy) is 1. The molecule has 24 heavy (non-hydrogen) atoms. The van der Waals surface area contributed by atoms with E-state index in [1.807, 2.05) is 12.1 Å². The monoisotopic (exact) mass is 334 g/mol. The summed E-state index contributed by atoms with van der Waals surface area (Å²) in [6.45, 7) is -0.118. The van der Waals surface area contributed by atoms with Gasteiger partial charge in [-0.1, -0.05) is 18.2 Å². The number of hydrogen-bond acceptors (Lipinski definition) is 2. The minimum absolute atomic E-state index is 0.118. The summed E-state index contributed by atoms with van der Waals surface area (Å²) in [5.74, 6) is 0. The maximum Gasteiger partial charge on any atom is 0.416 e. The third-order valence-corrected chi connectivity index (χ3v) is 3.48. The molecule has 0 spiro atoms. The first kappa shape index (κ1) is 15.9. The highest BCUT2D eigenvalue weighted by Crippen LogP contribution is 2.29. The summed E-state index contributed by atoms with van der Waals surface area (Å²) >= 11 is 0. The predicted octanol–water partition coefficient (Wildman–Crippen LogP) is 4.94. The molecule has 0 saturated heterocycles. The highest BCUT2D eigenvalue weighted by molar-refractivity contribution is 5.98. The summed E-state index contributed by atoms with van der Waals surface area (Å²) in [5, 5.41) is 3.45. The lowest BCUT2D eigenvalue weighted by Crippen LogP contribution is -2.13. The molecule has 3 aromatic rings. The quantitative estimate of drug-likeness (QED) is 0.713. The number of rotatable bonds is 3. The van der Waals surface area contributed by atoms with Crippen LogP contribution in [0.2, 0.25) is 0 Å². The summed E-state index contributed by atoms with van der Waals surface area (Å²) in [7, 11) is 0. The van der Waals surface area contributed by atoms with Crippen molar-refractivity contribution in [3.63, 3.8) is 0 Å². The molecule has 124 valence electrons. The van der Waals surface area contributed by atoms with Crippen LogP contribution in [0.5, 0.6) is 0 Å². The third kappa shape index (κ3) is 3.51.